The highest BCUT2D eigenvalue weighted by Crippen LogP contribution is 2.26. The molecule has 108 valence electrons. The number of halogens is 1. The number of aromatic nitrogens is 1. The minimum atomic E-state index is -0.936. The standard InChI is InChI=1S/C13H10FN3O4/c1-7-2-3-9(5-11(7)14)21-13-10(12(15)18)4-8(6-16-13)17(19)20/h2-6H,1H3,(H2,15,18). The van der Waals surface area contributed by atoms with Gasteiger partial charge in [0.05, 0.1) is 4.92 Å². The zero-order chi connectivity index (χ0) is 15.6. The lowest BCUT2D eigenvalue weighted by molar-refractivity contribution is -0.385. The molecule has 0 saturated carbocycles. The molecule has 0 atom stereocenters. The van der Waals surface area contributed by atoms with Gasteiger partial charge in [-0.1, -0.05) is 6.07 Å². The molecule has 0 radical (unpaired) electrons. The molecule has 0 aliphatic heterocycles. The van der Waals surface area contributed by atoms with Crippen LogP contribution >= 0.6 is 0 Å². The largest absolute Gasteiger partial charge is 0.438 e. The van der Waals surface area contributed by atoms with Crippen LogP contribution in [0.1, 0.15) is 15.9 Å². The highest BCUT2D eigenvalue weighted by atomic mass is 19.1. The molecule has 2 rings (SSSR count). The van der Waals surface area contributed by atoms with Gasteiger partial charge in [-0.2, -0.15) is 0 Å². The molecule has 21 heavy (non-hydrogen) atoms. The first-order valence-corrected chi connectivity index (χ1v) is 5.76. The van der Waals surface area contributed by atoms with Crippen LogP contribution in [0.25, 0.3) is 0 Å². The van der Waals surface area contributed by atoms with Crippen LogP contribution in [0.2, 0.25) is 0 Å². The number of aryl methyl sites for hydroxylation is 1. The van der Waals surface area contributed by atoms with E-state index >= 15 is 0 Å². The van der Waals surface area contributed by atoms with E-state index in [0.717, 1.165) is 18.3 Å². The Morgan fingerprint density at radius 2 is 2.14 bits per heavy atom. The van der Waals surface area contributed by atoms with Crippen molar-refractivity contribution < 1.29 is 18.8 Å². The summed E-state index contributed by atoms with van der Waals surface area (Å²) in [5.74, 6) is -1.55. The number of rotatable bonds is 4. The second kappa shape index (κ2) is 5.53. The number of pyridine rings is 1. The normalized spacial score (nSPS) is 10.2. The van der Waals surface area contributed by atoms with Crippen LogP contribution < -0.4 is 10.5 Å². The number of carbonyl (C=O) groups is 1. The highest BCUT2D eigenvalue weighted by molar-refractivity contribution is 5.95. The Hall–Kier alpha value is -3.03. The summed E-state index contributed by atoms with van der Waals surface area (Å²) < 4.78 is 18.7. The molecule has 7 nitrogen and oxygen atoms in total. The van der Waals surface area contributed by atoms with Gasteiger partial charge in [-0.3, -0.25) is 14.9 Å². The summed E-state index contributed by atoms with van der Waals surface area (Å²) in [6.07, 6.45) is 0.923. The Morgan fingerprint density at radius 3 is 2.71 bits per heavy atom. The molecule has 0 bridgehead atoms. The fourth-order valence-corrected chi connectivity index (χ4v) is 1.55. The summed E-state index contributed by atoms with van der Waals surface area (Å²) in [5.41, 5.74) is 4.90. The van der Waals surface area contributed by atoms with Crippen LogP contribution in [0.5, 0.6) is 11.6 Å². The lowest BCUT2D eigenvalue weighted by atomic mass is 10.2. The summed E-state index contributed by atoms with van der Waals surface area (Å²) >= 11 is 0. The number of nitrogens with zero attached hydrogens (tertiary/aromatic N) is 2. The quantitative estimate of drug-likeness (QED) is 0.686. The number of ether oxygens (including phenoxy) is 1. The average molecular weight is 291 g/mol. The molecule has 1 aromatic heterocycles. The Kier molecular flexibility index (Phi) is 3.79. The number of hydrogen-bond acceptors (Lipinski definition) is 5. The van der Waals surface area contributed by atoms with Gasteiger partial charge in [-0.25, -0.2) is 9.37 Å². The zero-order valence-corrected chi connectivity index (χ0v) is 10.9. The van der Waals surface area contributed by atoms with E-state index in [4.69, 9.17) is 10.5 Å². The fourth-order valence-electron chi connectivity index (χ4n) is 1.55. The predicted octanol–water partition coefficient (Wildman–Crippen LogP) is 2.33. The van der Waals surface area contributed by atoms with Crippen LogP contribution in [-0.4, -0.2) is 15.8 Å². The van der Waals surface area contributed by atoms with Crippen molar-refractivity contribution in [1.82, 2.24) is 4.98 Å². The zero-order valence-electron chi connectivity index (χ0n) is 10.9. The Labute approximate surface area is 118 Å². The van der Waals surface area contributed by atoms with Gasteiger partial charge in [0.25, 0.3) is 11.6 Å². The van der Waals surface area contributed by atoms with Crippen molar-refractivity contribution in [3.05, 3.63) is 57.5 Å². The molecule has 1 amide bonds. The molecule has 0 unspecified atom stereocenters. The van der Waals surface area contributed by atoms with Gasteiger partial charge >= 0.3 is 0 Å². The predicted molar refractivity (Wildman–Crippen MR) is 70.6 cm³/mol. The van der Waals surface area contributed by atoms with Crippen LogP contribution in [0.4, 0.5) is 10.1 Å². The first-order chi connectivity index (χ1) is 9.88. The summed E-state index contributed by atoms with van der Waals surface area (Å²) in [7, 11) is 0. The lowest BCUT2D eigenvalue weighted by Gasteiger charge is -2.08. The second-order valence-electron chi connectivity index (χ2n) is 4.18. The fraction of sp³-hybridized carbons (Fsp3) is 0.0769. The number of benzene rings is 1. The van der Waals surface area contributed by atoms with Gasteiger partial charge in [0.1, 0.15) is 23.3 Å². The number of nitrogens with two attached hydrogens (primary N) is 1. The van der Waals surface area contributed by atoms with Crippen LogP contribution in [0, 0.1) is 22.9 Å². The van der Waals surface area contributed by atoms with E-state index in [1.807, 2.05) is 0 Å². The van der Waals surface area contributed by atoms with Gasteiger partial charge in [-0.05, 0) is 18.6 Å². The van der Waals surface area contributed by atoms with Crippen molar-refractivity contribution in [2.24, 2.45) is 5.73 Å². The number of nitro groups is 1. The molecular formula is C13H10FN3O4. The Morgan fingerprint density at radius 1 is 1.43 bits per heavy atom. The minimum absolute atomic E-state index is 0.0990. The van der Waals surface area contributed by atoms with Crippen LogP contribution in [0.3, 0.4) is 0 Å². The SMILES string of the molecule is Cc1ccc(Oc2ncc([N+](=O)[O-])cc2C(N)=O)cc1F. The van der Waals surface area contributed by atoms with Crippen LogP contribution in [-0.2, 0) is 0 Å². The number of hydrogen-bond donors (Lipinski definition) is 1. The van der Waals surface area contributed by atoms with Gasteiger partial charge in [0, 0.05) is 12.1 Å². The highest BCUT2D eigenvalue weighted by Gasteiger charge is 2.18. The Bertz CT molecular complexity index is 733. The maximum absolute atomic E-state index is 13.4. The molecule has 2 N–H and O–H groups in total. The molecule has 2 aromatic rings. The molecule has 1 heterocycles. The van der Waals surface area contributed by atoms with Crippen molar-refractivity contribution in [1.29, 1.82) is 0 Å². The van der Waals surface area contributed by atoms with E-state index < -0.39 is 22.3 Å². The van der Waals surface area contributed by atoms with Crippen molar-refractivity contribution in [3.63, 3.8) is 0 Å². The first-order valence-electron chi connectivity index (χ1n) is 5.76. The number of amides is 1. The molecule has 0 aliphatic rings. The molecule has 1 aromatic carbocycles. The van der Waals surface area contributed by atoms with Crippen molar-refractivity contribution in [2.45, 2.75) is 6.92 Å². The topological polar surface area (TPSA) is 108 Å². The van der Waals surface area contributed by atoms with E-state index in [9.17, 15) is 19.3 Å². The van der Waals surface area contributed by atoms with E-state index in [-0.39, 0.29) is 17.2 Å². The maximum atomic E-state index is 13.4. The van der Waals surface area contributed by atoms with Crippen molar-refractivity contribution in [3.8, 4) is 11.6 Å². The summed E-state index contributed by atoms with van der Waals surface area (Å²) in [6, 6.07) is 5.03. The van der Waals surface area contributed by atoms with Gasteiger partial charge in [0.15, 0.2) is 0 Å². The van der Waals surface area contributed by atoms with E-state index in [1.165, 1.54) is 12.1 Å². The van der Waals surface area contributed by atoms with E-state index in [2.05, 4.69) is 4.98 Å². The summed E-state index contributed by atoms with van der Waals surface area (Å²) in [6.45, 7) is 1.58. The summed E-state index contributed by atoms with van der Waals surface area (Å²) in [4.78, 5) is 24.9. The minimum Gasteiger partial charge on any atom is -0.438 e. The van der Waals surface area contributed by atoms with E-state index in [0.29, 0.717) is 5.56 Å². The van der Waals surface area contributed by atoms with Crippen molar-refractivity contribution in [2.75, 3.05) is 0 Å². The molecule has 0 spiro atoms. The third-order valence-corrected chi connectivity index (χ3v) is 2.67. The molecule has 0 saturated heterocycles. The number of carbonyl (C=O) groups excluding carboxylic acids is 1. The molecule has 0 fully saturated rings. The lowest BCUT2D eigenvalue weighted by Crippen LogP contribution is -2.13. The van der Waals surface area contributed by atoms with Gasteiger partial charge in [0.2, 0.25) is 5.88 Å². The third-order valence-electron chi connectivity index (χ3n) is 2.67. The third kappa shape index (κ3) is 3.11. The van der Waals surface area contributed by atoms with Gasteiger partial charge < -0.3 is 10.5 Å². The van der Waals surface area contributed by atoms with E-state index in [1.54, 1.807) is 6.92 Å². The van der Waals surface area contributed by atoms with Crippen molar-refractivity contribution >= 4 is 11.6 Å². The second-order valence-corrected chi connectivity index (χ2v) is 4.18. The Balaban J connectivity index is 2.41. The maximum Gasteiger partial charge on any atom is 0.288 e. The number of primary amides is 1. The molecular weight excluding hydrogens is 281 g/mol. The van der Waals surface area contributed by atoms with Crippen LogP contribution in [0.15, 0.2) is 30.5 Å². The molecule has 0 aliphatic carbocycles. The average Bonchev–Trinajstić information content (AvgIpc) is 2.43. The molecule has 8 heteroatoms. The smallest absolute Gasteiger partial charge is 0.288 e. The monoisotopic (exact) mass is 291 g/mol. The summed E-state index contributed by atoms with van der Waals surface area (Å²) in [5, 5.41) is 10.7. The first kappa shape index (κ1) is 14.4. The van der Waals surface area contributed by atoms with Gasteiger partial charge in [-0.15, -0.1) is 0 Å².